The Morgan fingerprint density at radius 3 is 2.33 bits per heavy atom. The van der Waals surface area contributed by atoms with Gasteiger partial charge >= 0.3 is 0 Å². The van der Waals surface area contributed by atoms with E-state index >= 15 is 0 Å². The van der Waals surface area contributed by atoms with Gasteiger partial charge in [-0.1, -0.05) is 45.2 Å². The first-order valence-electron chi connectivity index (χ1n) is 6.92. The molecule has 0 radical (unpaired) electrons. The van der Waals surface area contributed by atoms with Crippen LogP contribution in [0.5, 0.6) is 5.75 Å². The summed E-state index contributed by atoms with van der Waals surface area (Å²) >= 11 is 15.5. The van der Waals surface area contributed by atoms with E-state index in [4.69, 9.17) is 32.1 Å². The van der Waals surface area contributed by atoms with Gasteiger partial charge in [-0.3, -0.25) is 4.18 Å². The van der Waals surface area contributed by atoms with Gasteiger partial charge in [0.1, 0.15) is 5.75 Å². The third-order valence-electron chi connectivity index (χ3n) is 3.15. The maximum Gasteiger partial charge on any atom is 0.264 e. The molecule has 8 heteroatoms. The molecule has 1 atom stereocenters. The number of halogens is 3. The van der Waals surface area contributed by atoms with Crippen LogP contribution in [0.25, 0.3) is 0 Å². The van der Waals surface area contributed by atoms with E-state index < -0.39 is 10.1 Å². The smallest absolute Gasteiger partial charge is 0.264 e. The molecule has 0 aliphatic carbocycles. The van der Waals surface area contributed by atoms with Gasteiger partial charge in [-0.2, -0.15) is 8.42 Å². The van der Waals surface area contributed by atoms with Crippen molar-refractivity contribution < 1.29 is 17.3 Å². The average Bonchev–Trinajstić information content (AvgIpc) is 2.49. The van der Waals surface area contributed by atoms with Crippen LogP contribution in [0.4, 0.5) is 0 Å². The lowest BCUT2D eigenvalue weighted by atomic mass is 10.0. The van der Waals surface area contributed by atoms with Crippen molar-refractivity contribution in [3.8, 4) is 5.75 Å². The van der Waals surface area contributed by atoms with E-state index in [2.05, 4.69) is 15.9 Å². The monoisotopic (exact) mass is 452 g/mol. The lowest BCUT2D eigenvalue weighted by molar-refractivity contribution is 0.223. The Kier molecular flexibility index (Phi) is 6.95. The van der Waals surface area contributed by atoms with Crippen LogP contribution in [0.15, 0.2) is 46.9 Å². The van der Waals surface area contributed by atoms with Crippen molar-refractivity contribution in [1.29, 1.82) is 0 Å². The van der Waals surface area contributed by atoms with Gasteiger partial charge in [-0.25, -0.2) is 0 Å². The fraction of sp³-hybridized carbons (Fsp3) is 0.250. The Bertz CT molecular complexity index is 794. The lowest BCUT2D eigenvalue weighted by Crippen LogP contribution is -2.19. The van der Waals surface area contributed by atoms with E-state index in [-0.39, 0.29) is 19.1 Å². The number of hydrogen-bond donors (Lipinski definition) is 0. The van der Waals surface area contributed by atoms with Crippen molar-refractivity contribution in [3.05, 3.63) is 62.5 Å². The van der Waals surface area contributed by atoms with Gasteiger partial charge in [0, 0.05) is 20.4 Å². The van der Waals surface area contributed by atoms with Gasteiger partial charge in [0.2, 0.25) is 0 Å². The van der Waals surface area contributed by atoms with Gasteiger partial charge in [0.15, 0.2) is 0 Å². The molecule has 0 spiro atoms. The highest BCUT2D eigenvalue weighted by molar-refractivity contribution is 9.10. The zero-order chi connectivity index (χ0) is 17.7. The van der Waals surface area contributed by atoms with Crippen LogP contribution in [0.1, 0.15) is 11.5 Å². The molecule has 2 aromatic rings. The van der Waals surface area contributed by atoms with Gasteiger partial charge in [0.05, 0.1) is 19.5 Å². The Hall–Kier alpha value is -0.790. The largest absolute Gasteiger partial charge is 0.493 e. The molecule has 24 heavy (non-hydrogen) atoms. The quantitative estimate of drug-likeness (QED) is 0.559. The summed E-state index contributed by atoms with van der Waals surface area (Å²) < 4.78 is 34.2. The molecule has 0 saturated carbocycles. The number of rotatable bonds is 7. The summed E-state index contributed by atoms with van der Waals surface area (Å²) in [6.07, 6.45) is 1.00. The van der Waals surface area contributed by atoms with Crippen LogP contribution >= 0.6 is 39.1 Å². The molecule has 130 valence electrons. The summed E-state index contributed by atoms with van der Waals surface area (Å²) in [4.78, 5) is 0. The Morgan fingerprint density at radius 1 is 1.08 bits per heavy atom. The summed E-state index contributed by atoms with van der Waals surface area (Å²) in [6, 6.07) is 12.4. The van der Waals surface area contributed by atoms with Crippen LogP contribution < -0.4 is 4.74 Å². The van der Waals surface area contributed by atoms with Crippen LogP contribution in [0.2, 0.25) is 10.0 Å². The molecular formula is C16H15BrCl2O4S. The van der Waals surface area contributed by atoms with Crippen LogP contribution in [-0.2, 0) is 14.3 Å². The first kappa shape index (κ1) is 19.5. The predicted molar refractivity (Wildman–Crippen MR) is 99.6 cm³/mol. The second-order valence-electron chi connectivity index (χ2n) is 5.12. The second-order valence-corrected chi connectivity index (χ2v) is 8.52. The van der Waals surface area contributed by atoms with Gasteiger partial charge < -0.3 is 4.74 Å². The van der Waals surface area contributed by atoms with Crippen molar-refractivity contribution in [3.63, 3.8) is 0 Å². The molecule has 2 aromatic carbocycles. The Morgan fingerprint density at radius 2 is 1.75 bits per heavy atom. The summed E-state index contributed by atoms with van der Waals surface area (Å²) in [5.41, 5.74) is 0.710. The molecule has 4 nitrogen and oxygen atoms in total. The Balaban J connectivity index is 2.17. The molecule has 0 aromatic heterocycles. The zero-order valence-corrected chi connectivity index (χ0v) is 16.6. The molecule has 0 heterocycles. The molecule has 0 saturated heterocycles. The highest BCUT2D eigenvalue weighted by Gasteiger charge is 2.19. The normalized spacial score (nSPS) is 12.8. The fourth-order valence-electron chi connectivity index (χ4n) is 1.99. The van der Waals surface area contributed by atoms with Crippen molar-refractivity contribution in [2.45, 2.75) is 5.92 Å². The van der Waals surface area contributed by atoms with E-state index in [1.807, 2.05) is 24.3 Å². The van der Waals surface area contributed by atoms with Crippen LogP contribution in [0, 0.1) is 0 Å². The van der Waals surface area contributed by atoms with Gasteiger partial charge in [-0.15, -0.1) is 0 Å². The number of hydrogen-bond acceptors (Lipinski definition) is 4. The topological polar surface area (TPSA) is 52.6 Å². The van der Waals surface area contributed by atoms with Gasteiger partial charge in [-0.05, 0) is 42.0 Å². The first-order chi connectivity index (χ1) is 11.2. The minimum atomic E-state index is -3.57. The van der Waals surface area contributed by atoms with Crippen LogP contribution in [-0.4, -0.2) is 27.9 Å². The van der Waals surface area contributed by atoms with E-state index in [1.165, 1.54) is 0 Å². The van der Waals surface area contributed by atoms with E-state index in [9.17, 15) is 8.42 Å². The fourth-order valence-corrected chi connectivity index (χ4v) is 3.23. The second kappa shape index (κ2) is 8.54. The number of ether oxygens (including phenoxy) is 1. The predicted octanol–water partition coefficient (Wildman–Crippen LogP) is 4.89. The molecular weight excluding hydrogens is 439 g/mol. The molecule has 0 N–H and O–H groups in total. The highest BCUT2D eigenvalue weighted by atomic mass is 79.9. The maximum atomic E-state index is 11.3. The van der Waals surface area contributed by atoms with Crippen molar-refractivity contribution in [1.82, 2.24) is 0 Å². The standard InChI is InChI=1S/C16H15BrCl2O4S/c1-24(20,21)23-10-11(15-7-4-13(18)8-16(15)19)9-22-14-5-2-12(17)3-6-14/h2-8,11H,9-10H2,1H3/t11-/m1/s1. The lowest BCUT2D eigenvalue weighted by Gasteiger charge is -2.19. The molecule has 0 amide bonds. The third kappa shape index (κ3) is 6.26. The minimum absolute atomic E-state index is 0.0727. The SMILES string of the molecule is CS(=O)(=O)OC[C@@H](COc1ccc(Br)cc1)c1ccc(Cl)cc1Cl. The molecule has 0 bridgehead atoms. The highest BCUT2D eigenvalue weighted by Crippen LogP contribution is 2.29. The van der Waals surface area contributed by atoms with E-state index in [1.54, 1.807) is 18.2 Å². The molecule has 2 rings (SSSR count). The Labute approximate surface area is 159 Å². The first-order valence-corrected chi connectivity index (χ1v) is 10.3. The third-order valence-corrected chi connectivity index (χ3v) is 4.81. The summed E-state index contributed by atoms with van der Waals surface area (Å²) in [5.74, 6) is 0.292. The minimum Gasteiger partial charge on any atom is -0.493 e. The average molecular weight is 454 g/mol. The van der Waals surface area contributed by atoms with E-state index in [0.717, 1.165) is 10.7 Å². The molecule has 0 aliphatic rings. The van der Waals surface area contributed by atoms with Crippen molar-refractivity contribution in [2.75, 3.05) is 19.5 Å². The number of benzene rings is 2. The van der Waals surface area contributed by atoms with Gasteiger partial charge in [0.25, 0.3) is 10.1 Å². The summed E-state index contributed by atoms with van der Waals surface area (Å²) in [7, 11) is -3.57. The van der Waals surface area contributed by atoms with Crippen LogP contribution in [0.3, 0.4) is 0 Å². The van der Waals surface area contributed by atoms with E-state index in [0.29, 0.717) is 21.4 Å². The molecule has 0 unspecified atom stereocenters. The maximum absolute atomic E-state index is 11.3. The molecule has 0 aliphatic heterocycles. The summed E-state index contributed by atoms with van der Waals surface area (Å²) in [5, 5.41) is 0.935. The summed E-state index contributed by atoms with van der Waals surface area (Å²) in [6.45, 7) is 0.134. The molecule has 0 fully saturated rings. The van der Waals surface area contributed by atoms with Crippen molar-refractivity contribution in [2.24, 2.45) is 0 Å². The van der Waals surface area contributed by atoms with Crippen molar-refractivity contribution >= 4 is 49.2 Å². The zero-order valence-electron chi connectivity index (χ0n) is 12.7.